The maximum absolute atomic E-state index is 11.6. The minimum absolute atomic E-state index is 0.398. The number of hydrogen-bond donors (Lipinski definition) is 0. The van der Waals surface area contributed by atoms with Crippen LogP contribution >= 0.6 is 0 Å². The third kappa shape index (κ3) is 5.11. The first-order valence-electron chi connectivity index (χ1n) is 6.15. The fraction of sp³-hybridized carbons (Fsp3) is 0.533. The van der Waals surface area contributed by atoms with Gasteiger partial charge in [-0.3, -0.25) is 4.79 Å². The molecule has 0 atom stereocenters. The lowest BCUT2D eigenvalue weighted by atomic mass is 10.0. The second-order valence-corrected chi connectivity index (χ2v) is 4.96. The van der Waals surface area contributed by atoms with Crippen LogP contribution in [0, 0.1) is 12.8 Å². The summed E-state index contributed by atoms with van der Waals surface area (Å²) in [6, 6.07) is 8.41. The lowest BCUT2D eigenvalue weighted by Gasteiger charge is -2.04. The number of hydrogen-bond acceptors (Lipinski definition) is 1. The third-order valence-electron chi connectivity index (χ3n) is 2.78. The predicted octanol–water partition coefficient (Wildman–Crippen LogP) is 3.93. The van der Waals surface area contributed by atoms with Gasteiger partial charge in [0.25, 0.3) is 0 Å². The van der Waals surface area contributed by atoms with E-state index in [0.29, 0.717) is 18.1 Å². The highest BCUT2D eigenvalue weighted by molar-refractivity contribution is 5.78. The Labute approximate surface area is 98.9 Å². The summed E-state index contributed by atoms with van der Waals surface area (Å²) >= 11 is 0. The van der Waals surface area contributed by atoms with Crippen LogP contribution in [0.15, 0.2) is 24.3 Å². The summed E-state index contributed by atoms with van der Waals surface area (Å²) in [4.78, 5) is 11.6. The van der Waals surface area contributed by atoms with Crippen LogP contribution in [-0.4, -0.2) is 5.78 Å². The summed E-state index contributed by atoms with van der Waals surface area (Å²) in [7, 11) is 0. The first kappa shape index (κ1) is 13.0. The Hall–Kier alpha value is -1.11. The van der Waals surface area contributed by atoms with E-state index in [-0.39, 0.29) is 0 Å². The highest BCUT2D eigenvalue weighted by Crippen LogP contribution is 2.10. The SMILES string of the molecule is Cc1cccc(CCC(=O)CCC(C)C)c1. The molecule has 1 aromatic rings. The van der Waals surface area contributed by atoms with Crippen molar-refractivity contribution in [3.05, 3.63) is 35.4 Å². The van der Waals surface area contributed by atoms with Crippen molar-refractivity contribution < 1.29 is 4.79 Å². The van der Waals surface area contributed by atoms with Crippen LogP contribution < -0.4 is 0 Å². The van der Waals surface area contributed by atoms with Gasteiger partial charge in [-0.25, -0.2) is 0 Å². The van der Waals surface area contributed by atoms with Crippen LogP contribution in [0.25, 0.3) is 0 Å². The van der Waals surface area contributed by atoms with Crippen LogP contribution in [0.3, 0.4) is 0 Å². The first-order chi connectivity index (χ1) is 7.58. The highest BCUT2D eigenvalue weighted by Gasteiger charge is 2.04. The second kappa shape index (κ2) is 6.47. The smallest absolute Gasteiger partial charge is 0.133 e. The first-order valence-corrected chi connectivity index (χ1v) is 6.15. The van der Waals surface area contributed by atoms with Gasteiger partial charge in [-0.2, -0.15) is 0 Å². The van der Waals surface area contributed by atoms with Crippen molar-refractivity contribution in [3.8, 4) is 0 Å². The number of benzene rings is 1. The maximum Gasteiger partial charge on any atom is 0.133 e. The van der Waals surface area contributed by atoms with Crippen molar-refractivity contribution in [2.45, 2.75) is 46.5 Å². The van der Waals surface area contributed by atoms with Crippen LogP contribution in [0.2, 0.25) is 0 Å². The molecule has 16 heavy (non-hydrogen) atoms. The fourth-order valence-electron chi connectivity index (χ4n) is 1.73. The van der Waals surface area contributed by atoms with E-state index in [1.165, 1.54) is 11.1 Å². The molecule has 0 radical (unpaired) electrons. The minimum Gasteiger partial charge on any atom is -0.300 e. The zero-order valence-corrected chi connectivity index (χ0v) is 10.6. The van der Waals surface area contributed by atoms with Gasteiger partial charge in [-0.1, -0.05) is 43.7 Å². The van der Waals surface area contributed by atoms with Crippen molar-refractivity contribution in [1.29, 1.82) is 0 Å². The third-order valence-corrected chi connectivity index (χ3v) is 2.78. The van der Waals surface area contributed by atoms with Crippen LogP contribution in [0.4, 0.5) is 0 Å². The summed E-state index contributed by atoms with van der Waals surface area (Å²) in [6.07, 6.45) is 3.34. The van der Waals surface area contributed by atoms with E-state index >= 15 is 0 Å². The summed E-state index contributed by atoms with van der Waals surface area (Å²) in [6.45, 7) is 6.41. The standard InChI is InChI=1S/C15H22O/c1-12(2)7-9-15(16)10-8-14-6-4-5-13(3)11-14/h4-6,11-12H,7-10H2,1-3H3. The van der Waals surface area contributed by atoms with Crippen LogP contribution in [-0.2, 0) is 11.2 Å². The van der Waals surface area contributed by atoms with Crippen molar-refractivity contribution in [2.24, 2.45) is 5.92 Å². The van der Waals surface area contributed by atoms with Crippen LogP contribution in [0.1, 0.15) is 44.2 Å². The molecule has 0 aliphatic rings. The van der Waals surface area contributed by atoms with Crippen molar-refractivity contribution in [2.75, 3.05) is 0 Å². The molecule has 1 nitrogen and oxygen atoms in total. The summed E-state index contributed by atoms with van der Waals surface area (Å²) in [5, 5.41) is 0. The Morgan fingerprint density at radius 3 is 2.62 bits per heavy atom. The molecular formula is C15H22O. The molecule has 0 aliphatic heterocycles. The van der Waals surface area contributed by atoms with Crippen molar-refractivity contribution in [1.82, 2.24) is 0 Å². The highest BCUT2D eigenvalue weighted by atomic mass is 16.1. The molecular weight excluding hydrogens is 196 g/mol. The molecule has 1 heteroatoms. The molecule has 0 aliphatic carbocycles. The number of aryl methyl sites for hydroxylation is 2. The topological polar surface area (TPSA) is 17.1 Å². The molecule has 88 valence electrons. The number of carbonyl (C=O) groups excluding carboxylic acids is 1. The van der Waals surface area contributed by atoms with E-state index in [1.807, 2.05) is 0 Å². The molecule has 1 aromatic carbocycles. The van der Waals surface area contributed by atoms with Gasteiger partial charge < -0.3 is 0 Å². The average molecular weight is 218 g/mol. The van der Waals surface area contributed by atoms with Gasteiger partial charge in [-0.05, 0) is 31.2 Å². The molecule has 0 spiro atoms. The zero-order chi connectivity index (χ0) is 12.0. The van der Waals surface area contributed by atoms with Gasteiger partial charge in [0.15, 0.2) is 0 Å². The van der Waals surface area contributed by atoms with Gasteiger partial charge in [0, 0.05) is 12.8 Å². The van der Waals surface area contributed by atoms with Crippen molar-refractivity contribution >= 4 is 5.78 Å². The molecule has 0 N–H and O–H groups in total. The zero-order valence-electron chi connectivity index (χ0n) is 10.6. The Balaban J connectivity index is 2.31. The molecule has 0 saturated carbocycles. The van der Waals surface area contributed by atoms with Crippen molar-refractivity contribution in [3.63, 3.8) is 0 Å². The molecule has 0 bridgehead atoms. The molecule has 0 amide bonds. The number of Topliss-reactive ketones (excluding diaryl/α,β-unsaturated/α-hetero) is 1. The van der Waals surface area contributed by atoms with Gasteiger partial charge in [-0.15, -0.1) is 0 Å². The van der Waals surface area contributed by atoms with Gasteiger partial charge in [0.1, 0.15) is 5.78 Å². The number of ketones is 1. The Bertz CT molecular complexity index is 339. The fourth-order valence-corrected chi connectivity index (χ4v) is 1.73. The Kier molecular flexibility index (Phi) is 5.24. The number of rotatable bonds is 6. The molecule has 0 heterocycles. The summed E-state index contributed by atoms with van der Waals surface area (Å²) in [5.41, 5.74) is 2.55. The second-order valence-electron chi connectivity index (χ2n) is 4.96. The van der Waals surface area contributed by atoms with E-state index in [2.05, 4.69) is 45.0 Å². The monoisotopic (exact) mass is 218 g/mol. The van der Waals surface area contributed by atoms with E-state index in [0.717, 1.165) is 19.3 Å². The van der Waals surface area contributed by atoms with E-state index in [4.69, 9.17) is 0 Å². The Morgan fingerprint density at radius 1 is 1.25 bits per heavy atom. The molecule has 0 fully saturated rings. The van der Waals surface area contributed by atoms with E-state index in [1.54, 1.807) is 0 Å². The minimum atomic E-state index is 0.398. The summed E-state index contributed by atoms with van der Waals surface area (Å²) in [5.74, 6) is 1.03. The maximum atomic E-state index is 11.6. The average Bonchev–Trinajstić information content (AvgIpc) is 2.23. The quantitative estimate of drug-likeness (QED) is 0.707. The number of carbonyl (C=O) groups is 1. The predicted molar refractivity (Wildman–Crippen MR) is 68.6 cm³/mol. The largest absolute Gasteiger partial charge is 0.300 e. The molecule has 0 aromatic heterocycles. The lowest BCUT2D eigenvalue weighted by Crippen LogP contribution is -2.02. The molecule has 0 saturated heterocycles. The van der Waals surface area contributed by atoms with Gasteiger partial charge in [0.05, 0.1) is 0 Å². The van der Waals surface area contributed by atoms with E-state index < -0.39 is 0 Å². The normalized spacial score (nSPS) is 10.8. The lowest BCUT2D eigenvalue weighted by molar-refractivity contribution is -0.119. The van der Waals surface area contributed by atoms with Gasteiger partial charge >= 0.3 is 0 Å². The van der Waals surface area contributed by atoms with Crippen LogP contribution in [0.5, 0.6) is 0 Å². The Morgan fingerprint density at radius 2 is 2.00 bits per heavy atom. The van der Waals surface area contributed by atoms with E-state index in [9.17, 15) is 4.79 Å². The molecule has 1 rings (SSSR count). The summed E-state index contributed by atoms with van der Waals surface area (Å²) < 4.78 is 0. The van der Waals surface area contributed by atoms with Gasteiger partial charge in [0.2, 0.25) is 0 Å². The molecule has 0 unspecified atom stereocenters.